The van der Waals surface area contributed by atoms with Crippen LogP contribution in [0.5, 0.6) is 0 Å². The largest absolute Gasteiger partial charge is 0.381 e. The number of ether oxygens (including phenoxy) is 1. The molecule has 24 heavy (non-hydrogen) atoms. The highest BCUT2D eigenvalue weighted by molar-refractivity contribution is 7.89. The zero-order valence-electron chi connectivity index (χ0n) is 13.2. The van der Waals surface area contributed by atoms with Crippen LogP contribution < -0.4 is 0 Å². The van der Waals surface area contributed by atoms with E-state index in [0.29, 0.717) is 39.0 Å². The minimum atomic E-state index is -3.88. The molecule has 0 radical (unpaired) electrons. The summed E-state index contributed by atoms with van der Waals surface area (Å²) in [4.78, 5) is 0.874. The summed E-state index contributed by atoms with van der Waals surface area (Å²) in [5, 5.41) is 1.97. The van der Waals surface area contributed by atoms with E-state index in [0.717, 1.165) is 4.88 Å². The first-order valence-corrected chi connectivity index (χ1v) is 10.3. The fourth-order valence-electron chi connectivity index (χ4n) is 2.93. The number of nitrogens with zero attached hydrogens (tertiary/aromatic N) is 1. The van der Waals surface area contributed by atoms with Gasteiger partial charge in [0.1, 0.15) is 10.7 Å². The SMILES string of the molecule is O=S(=O)(c1ccccc1F)N(CCc1cccs1)C1CCOCC1. The molecule has 0 bridgehead atoms. The summed E-state index contributed by atoms with van der Waals surface area (Å²) in [7, 11) is -3.88. The standard InChI is InChI=1S/C17H20FNO3S2/c18-16-5-1-2-6-17(16)24(20,21)19(14-8-11-22-12-9-14)10-7-15-4-3-13-23-15/h1-6,13-14H,7-12H2. The summed E-state index contributed by atoms with van der Waals surface area (Å²) in [6.45, 7) is 1.42. The Balaban J connectivity index is 1.88. The van der Waals surface area contributed by atoms with Gasteiger partial charge in [-0.05, 0) is 42.8 Å². The van der Waals surface area contributed by atoms with E-state index in [1.165, 1.54) is 22.5 Å². The first-order chi connectivity index (χ1) is 11.6. The van der Waals surface area contributed by atoms with Gasteiger partial charge in [0.2, 0.25) is 10.0 Å². The monoisotopic (exact) mass is 369 g/mol. The lowest BCUT2D eigenvalue weighted by Crippen LogP contribution is -2.44. The fourth-order valence-corrected chi connectivity index (χ4v) is 5.38. The Morgan fingerprint density at radius 2 is 1.92 bits per heavy atom. The summed E-state index contributed by atoms with van der Waals surface area (Å²) in [5.41, 5.74) is 0. The third kappa shape index (κ3) is 3.85. The molecule has 1 aromatic heterocycles. The minimum absolute atomic E-state index is 0.150. The van der Waals surface area contributed by atoms with Crippen LogP contribution in [0.1, 0.15) is 17.7 Å². The zero-order valence-corrected chi connectivity index (χ0v) is 14.9. The van der Waals surface area contributed by atoms with Gasteiger partial charge in [0, 0.05) is 30.7 Å². The maximum Gasteiger partial charge on any atom is 0.246 e. The molecule has 1 aromatic carbocycles. The molecule has 3 rings (SSSR count). The molecule has 4 nitrogen and oxygen atoms in total. The summed E-state index contributed by atoms with van der Waals surface area (Å²) in [6.07, 6.45) is 1.90. The normalized spacial score (nSPS) is 16.6. The molecule has 0 aliphatic carbocycles. The van der Waals surface area contributed by atoms with Crippen molar-refractivity contribution in [1.29, 1.82) is 0 Å². The maximum atomic E-state index is 14.1. The molecule has 1 fully saturated rings. The Morgan fingerprint density at radius 1 is 1.17 bits per heavy atom. The van der Waals surface area contributed by atoms with Crippen LogP contribution in [0.3, 0.4) is 0 Å². The van der Waals surface area contributed by atoms with Crippen LogP contribution >= 0.6 is 11.3 Å². The van der Waals surface area contributed by atoms with Crippen LogP contribution in [0, 0.1) is 5.82 Å². The second-order valence-corrected chi connectivity index (χ2v) is 8.61. The van der Waals surface area contributed by atoms with Gasteiger partial charge in [-0.2, -0.15) is 4.31 Å². The quantitative estimate of drug-likeness (QED) is 0.785. The average molecular weight is 369 g/mol. The third-order valence-electron chi connectivity index (χ3n) is 4.18. The number of benzene rings is 1. The van der Waals surface area contributed by atoms with Crippen molar-refractivity contribution < 1.29 is 17.5 Å². The molecule has 130 valence electrons. The molecule has 0 unspecified atom stereocenters. The lowest BCUT2D eigenvalue weighted by molar-refractivity contribution is 0.0586. The molecule has 0 amide bonds. The molecule has 0 spiro atoms. The van der Waals surface area contributed by atoms with E-state index >= 15 is 0 Å². The van der Waals surface area contributed by atoms with E-state index in [-0.39, 0.29) is 10.9 Å². The van der Waals surface area contributed by atoms with E-state index in [1.807, 2.05) is 17.5 Å². The maximum absolute atomic E-state index is 14.1. The molecule has 1 saturated heterocycles. The molecule has 0 N–H and O–H groups in total. The predicted octanol–water partition coefficient (Wildman–Crippen LogP) is 3.30. The van der Waals surface area contributed by atoms with E-state index in [4.69, 9.17) is 4.74 Å². The van der Waals surface area contributed by atoms with Crippen LogP contribution in [-0.4, -0.2) is 38.5 Å². The van der Waals surface area contributed by atoms with Gasteiger partial charge in [-0.3, -0.25) is 0 Å². The summed E-state index contributed by atoms with van der Waals surface area (Å²) < 4.78 is 47.0. The zero-order chi connectivity index (χ0) is 17.0. The Bertz CT molecular complexity index is 756. The molecule has 1 aliphatic heterocycles. The van der Waals surface area contributed by atoms with Crippen molar-refractivity contribution in [3.05, 3.63) is 52.5 Å². The van der Waals surface area contributed by atoms with Crippen LogP contribution in [0.2, 0.25) is 0 Å². The van der Waals surface area contributed by atoms with Crippen LogP contribution in [0.4, 0.5) is 4.39 Å². The number of thiophene rings is 1. The summed E-state index contributed by atoms with van der Waals surface area (Å²) in [6, 6.07) is 9.36. The van der Waals surface area contributed by atoms with Crippen molar-refractivity contribution in [3.8, 4) is 0 Å². The van der Waals surface area contributed by atoms with Gasteiger partial charge in [0.25, 0.3) is 0 Å². The molecule has 0 saturated carbocycles. The second-order valence-electron chi connectivity index (χ2n) is 5.72. The van der Waals surface area contributed by atoms with Crippen molar-refractivity contribution in [2.75, 3.05) is 19.8 Å². The van der Waals surface area contributed by atoms with Gasteiger partial charge < -0.3 is 4.74 Å². The molecule has 7 heteroatoms. The molecular weight excluding hydrogens is 349 g/mol. The van der Waals surface area contributed by atoms with E-state index < -0.39 is 15.8 Å². The van der Waals surface area contributed by atoms with Gasteiger partial charge in [-0.25, -0.2) is 12.8 Å². The highest BCUT2D eigenvalue weighted by Crippen LogP contribution is 2.26. The Hall–Kier alpha value is -1.28. The highest BCUT2D eigenvalue weighted by atomic mass is 32.2. The Kier molecular flexibility index (Phi) is 5.65. The van der Waals surface area contributed by atoms with Gasteiger partial charge >= 0.3 is 0 Å². The first kappa shape index (κ1) is 17.5. The smallest absolute Gasteiger partial charge is 0.246 e. The van der Waals surface area contributed by atoms with Crippen molar-refractivity contribution >= 4 is 21.4 Å². The fraction of sp³-hybridized carbons (Fsp3) is 0.412. The highest BCUT2D eigenvalue weighted by Gasteiger charge is 2.33. The number of hydrogen-bond donors (Lipinski definition) is 0. The van der Waals surface area contributed by atoms with E-state index in [1.54, 1.807) is 17.4 Å². The average Bonchev–Trinajstić information content (AvgIpc) is 3.09. The topological polar surface area (TPSA) is 46.6 Å². The Morgan fingerprint density at radius 3 is 2.58 bits per heavy atom. The Labute approximate surface area is 145 Å². The van der Waals surface area contributed by atoms with Crippen molar-refractivity contribution in [3.63, 3.8) is 0 Å². The molecule has 2 aromatic rings. The lowest BCUT2D eigenvalue weighted by Gasteiger charge is -2.33. The van der Waals surface area contributed by atoms with Crippen LogP contribution in [0.25, 0.3) is 0 Å². The molecule has 2 heterocycles. The molecular formula is C17H20FNO3S2. The van der Waals surface area contributed by atoms with E-state index in [2.05, 4.69) is 0 Å². The molecule has 0 atom stereocenters. The molecule has 1 aliphatic rings. The van der Waals surface area contributed by atoms with Crippen molar-refractivity contribution in [2.24, 2.45) is 0 Å². The minimum Gasteiger partial charge on any atom is -0.381 e. The second kappa shape index (κ2) is 7.74. The number of halogens is 1. The van der Waals surface area contributed by atoms with Gasteiger partial charge in [0.15, 0.2) is 0 Å². The third-order valence-corrected chi connectivity index (χ3v) is 7.10. The number of sulfonamides is 1. The number of hydrogen-bond acceptors (Lipinski definition) is 4. The van der Waals surface area contributed by atoms with Crippen LogP contribution in [-0.2, 0) is 21.2 Å². The lowest BCUT2D eigenvalue weighted by atomic mass is 10.1. The van der Waals surface area contributed by atoms with Gasteiger partial charge in [-0.15, -0.1) is 11.3 Å². The predicted molar refractivity (Wildman–Crippen MR) is 92.2 cm³/mol. The summed E-state index contributed by atoms with van der Waals surface area (Å²) >= 11 is 1.60. The van der Waals surface area contributed by atoms with Crippen molar-refractivity contribution in [1.82, 2.24) is 4.31 Å². The van der Waals surface area contributed by atoms with E-state index in [9.17, 15) is 12.8 Å². The van der Waals surface area contributed by atoms with Crippen molar-refractivity contribution in [2.45, 2.75) is 30.2 Å². The summed E-state index contributed by atoms with van der Waals surface area (Å²) in [5.74, 6) is -0.703. The number of rotatable bonds is 6. The van der Waals surface area contributed by atoms with Crippen LogP contribution in [0.15, 0.2) is 46.7 Å². The van der Waals surface area contributed by atoms with Gasteiger partial charge in [-0.1, -0.05) is 18.2 Å². The van der Waals surface area contributed by atoms with Gasteiger partial charge in [0.05, 0.1) is 0 Å². The first-order valence-electron chi connectivity index (χ1n) is 7.95.